The van der Waals surface area contributed by atoms with Crippen molar-refractivity contribution in [2.24, 2.45) is 0 Å². The Balaban J connectivity index is 1.25. The highest BCUT2D eigenvalue weighted by Gasteiger charge is 2.11. The van der Waals surface area contributed by atoms with Crippen LogP contribution in [0.4, 0.5) is 0 Å². The number of rotatable bonds is 13. The number of nitrogens with one attached hydrogen (secondary N) is 1. The van der Waals surface area contributed by atoms with Crippen LogP contribution in [-0.2, 0) is 24.2 Å². The number of benzene rings is 3. The minimum Gasteiger partial charge on any atom is -0.497 e. The molecule has 0 saturated carbocycles. The lowest BCUT2D eigenvalue weighted by atomic mass is 10.1. The molecule has 194 valence electrons. The van der Waals surface area contributed by atoms with Crippen LogP contribution in [0.2, 0.25) is 0 Å². The summed E-state index contributed by atoms with van der Waals surface area (Å²) < 4.78 is 13.5. The molecule has 37 heavy (non-hydrogen) atoms. The van der Waals surface area contributed by atoms with Crippen LogP contribution in [0.1, 0.15) is 41.8 Å². The first kappa shape index (κ1) is 26.3. The normalized spacial score (nSPS) is 11.0. The molecule has 4 rings (SSSR count). The molecule has 0 aliphatic carbocycles. The SMILES string of the molecule is COc1ccc(CC(=O)NCCCc2nc3ccccc3n2CCCCOc2ccc(C)c(C)c2)cc1. The van der Waals surface area contributed by atoms with E-state index in [2.05, 4.69) is 54.1 Å². The Kier molecular flexibility index (Phi) is 9.19. The van der Waals surface area contributed by atoms with Crippen molar-refractivity contribution in [1.82, 2.24) is 14.9 Å². The number of carbonyl (C=O) groups excluding carboxylic acids is 1. The maximum absolute atomic E-state index is 12.4. The van der Waals surface area contributed by atoms with Gasteiger partial charge in [0.15, 0.2) is 0 Å². The molecular weight excluding hydrogens is 462 g/mol. The molecule has 0 aliphatic rings. The summed E-state index contributed by atoms with van der Waals surface area (Å²) in [6.07, 6.45) is 4.01. The minimum absolute atomic E-state index is 0.0300. The van der Waals surface area contributed by atoms with E-state index in [0.29, 0.717) is 19.6 Å². The van der Waals surface area contributed by atoms with E-state index in [0.717, 1.165) is 66.1 Å². The molecule has 0 atom stereocenters. The topological polar surface area (TPSA) is 65.4 Å². The third kappa shape index (κ3) is 7.35. The van der Waals surface area contributed by atoms with E-state index in [1.807, 2.05) is 36.4 Å². The molecular formula is C31H37N3O3. The molecule has 6 heteroatoms. The molecule has 0 fully saturated rings. The number of fused-ring (bicyclic) bond motifs is 1. The lowest BCUT2D eigenvalue weighted by Gasteiger charge is -2.11. The highest BCUT2D eigenvalue weighted by Crippen LogP contribution is 2.19. The predicted octanol–water partition coefficient (Wildman–Crippen LogP) is 5.81. The molecule has 1 N–H and O–H groups in total. The monoisotopic (exact) mass is 499 g/mol. The van der Waals surface area contributed by atoms with E-state index in [1.54, 1.807) is 7.11 Å². The van der Waals surface area contributed by atoms with Gasteiger partial charge in [-0.15, -0.1) is 0 Å². The molecule has 0 radical (unpaired) electrons. The largest absolute Gasteiger partial charge is 0.497 e. The van der Waals surface area contributed by atoms with Crippen molar-refractivity contribution in [3.05, 3.63) is 89.2 Å². The highest BCUT2D eigenvalue weighted by atomic mass is 16.5. The number of ether oxygens (including phenoxy) is 2. The van der Waals surface area contributed by atoms with Crippen LogP contribution in [0.25, 0.3) is 11.0 Å². The predicted molar refractivity (Wildman–Crippen MR) is 148 cm³/mol. The first-order valence-corrected chi connectivity index (χ1v) is 13.1. The van der Waals surface area contributed by atoms with Crippen LogP contribution in [0.5, 0.6) is 11.5 Å². The van der Waals surface area contributed by atoms with Gasteiger partial charge in [0, 0.05) is 19.5 Å². The minimum atomic E-state index is 0.0300. The number of imidazole rings is 1. The molecule has 6 nitrogen and oxygen atoms in total. The van der Waals surface area contributed by atoms with Gasteiger partial charge < -0.3 is 19.4 Å². The van der Waals surface area contributed by atoms with E-state index in [9.17, 15) is 4.79 Å². The molecule has 0 saturated heterocycles. The van der Waals surface area contributed by atoms with Gasteiger partial charge in [0.25, 0.3) is 0 Å². The van der Waals surface area contributed by atoms with Gasteiger partial charge in [-0.05, 0) is 86.2 Å². The Bertz CT molecular complexity index is 1310. The number of methoxy groups -OCH3 is 1. The van der Waals surface area contributed by atoms with Crippen molar-refractivity contribution >= 4 is 16.9 Å². The lowest BCUT2D eigenvalue weighted by molar-refractivity contribution is -0.120. The summed E-state index contributed by atoms with van der Waals surface area (Å²) in [6.45, 7) is 6.45. The van der Waals surface area contributed by atoms with Gasteiger partial charge in [-0.2, -0.15) is 0 Å². The van der Waals surface area contributed by atoms with E-state index in [1.165, 1.54) is 11.1 Å². The first-order chi connectivity index (χ1) is 18.0. The van der Waals surface area contributed by atoms with E-state index in [4.69, 9.17) is 14.5 Å². The summed E-state index contributed by atoms with van der Waals surface area (Å²) in [5.74, 6) is 2.83. The second-order valence-corrected chi connectivity index (χ2v) is 9.45. The molecule has 1 aromatic heterocycles. The smallest absolute Gasteiger partial charge is 0.224 e. The molecule has 3 aromatic carbocycles. The van der Waals surface area contributed by atoms with Crippen molar-refractivity contribution < 1.29 is 14.3 Å². The van der Waals surface area contributed by atoms with Crippen molar-refractivity contribution in [3.8, 4) is 11.5 Å². The van der Waals surface area contributed by atoms with Crippen molar-refractivity contribution in [2.75, 3.05) is 20.3 Å². The maximum atomic E-state index is 12.4. The summed E-state index contributed by atoms with van der Waals surface area (Å²) in [7, 11) is 1.64. The highest BCUT2D eigenvalue weighted by molar-refractivity contribution is 5.78. The van der Waals surface area contributed by atoms with Crippen LogP contribution in [-0.4, -0.2) is 35.7 Å². The van der Waals surface area contributed by atoms with Crippen LogP contribution in [0.15, 0.2) is 66.7 Å². The molecule has 1 heterocycles. The quantitative estimate of drug-likeness (QED) is 0.236. The molecule has 1 amide bonds. The van der Waals surface area contributed by atoms with Crippen LogP contribution in [0, 0.1) is 13.8 Å². The molecule has 0 bridgehead atoms. The van der Waals surface area contributed by atoms with Crippen LogP contribution >= 0.6 is 0 Å². The number of para-hydroxylation sites is 2. The van der Waals surface area contributed by atoms with Crippen molar-refractivity contribution in [1.29, 1.82) is 0 Å². The zero-order valence-corrected chi connectivity index (χ0v) is 22.1. The number of aromatic nitrogens is 2. The second-order valence-electron chi connectivity index (χ2n) is 9.45. The van der Waals surface area contributed by atoms with Gasteiger partial charge in [-0.25, -0.2) is 4.98 Å². The van der Waals surface area contributed by atoms with Gasteiger partial charge in [-0.1, -0.05) is 30.3 Å². The van der Waals surface area contributed by atoms with E-state index in [-0.39, 0.29) is 5.91 Å². The zero-order valence-electron chi connectivity index (χ0n) is 22.1. The van der Waals surface area contributed by atoms with Gasteiger partial charge in [-0.3, -0.25) is 4.79 Å². The van der Waals surface area contributed by atoms with Gasteiger partial charge in [0.2, 0.25) is 5.91 Å². The average Bonchev–Trinajstić information content (AvgIpc) is 3.26. The number of carbonyl (C=O) groups is 1. The number of hydrogen-bond donors (Lipinski definition) is 1. The lowest BCUT2D eigenvalue weighted by Crippen LogP contribution is -2.26. The Labute approximate surface area is 219 Å². The number of amides is 1. The van der Waals surface area contributed by atoms with Gasteiger partial charge in [0.05, 0.1) is 31.2 Å². The molecule has 4 aromatic rings. The molecule has 0 aliphatic heterocycles. The van der Waals surface area contributed by atoms with Crippen LogP contribution in [0.3, 0.4) is 0 Å². The fourth-order valence-corrected chi connectivity index (χ4v) is 4.40. The van der Waals surface area contributed by atoms with Gasteiger partial charge in [0.1, 0.15) is 17.3 Å². The van der Waals surface area contributed by atoms with Crippen LogP contribution < -0.4 is 14.8 Å². The Morgan fingerprint density at radius 2 is 1.70 bits per heavy atom. The zero-order chi connectivity index (χ0) is 26.0. The van der Waals surface area contributed by atoms with Crippen molar-refractivity contribution in [3.63, 3.8) is 0 Å². The summed E-state index contributed by atoms with van der Waals surface area (Å²) >= 11 is 0. The number of unbranched alkanes of at least 4 members (excludes halogenated alkanes) is 1. The summed E-state index contributed by atoms with van der Waals surface area (Å²) in [5.41, 5.74) is 5.69. The molecule has 0 unspecified atom stereocenters. The summed E-state index contributed by atoms with van der Waals surface area (Å²) in [5, 5.41) is 3.04. The Morgan fingerprint density at radius 1 is 0.919 bits per heavy atom. The molecule has 0 spiro atoms. The van der Waals surface area contributed by atoms with E-state index < -0.39 is 0 Å². The number of hydrogen-bond acceptors (Lipinski definition) is 4. The first-order valence-electron chi connectivity index (χ1n) is 13.1. The number of aryl methyl sites for hydroxylation is 4. The number of nitrogens with zero attached hydrogens (tertiary/aromatic N) is 2. The maximum Gasteiger partial charge on any atom is 0.224 e. The fourth-order valence-electron chi connectivity index (χ4n) is 4.40. The standard InChI is InChI=1S/C31H37N3O3/c1-23-12-15-27(21-24(23)2)37-20-7-6-19-34-29-10-5-4-9-28(29)33-30(34)11-8-18-32-31(35)22-25-13-16-26(36-3)17-14-25/h4-5,9-10,12-17,21H,6-8,11,18-20,22H2,1-3H3,(H,32,35). The Morgan fingerprint density at radius 3 is 2.49 bits per heavy atom. The van der Waals surface area contributed by atoms with E-state index >= 15 is 0 Å². The summed E-state index contributed by atoms with van der Waals surface area (Å²) in [4.78, 5) is 17.2. The summed E-state index contributed by atoms with van der Waals surface area (Å²) in [6, 6.07) is 22.1. The fraction of sp³-hybridized carbons (Fsp3) is 0.355. The Hall–Kier alpha value is -3.80. The average molecular weight is 500 g/mol. The van der Waals surface area contributed by atoms with Gasteiger partial charge >= 0.3 is 0 Å². The third-order valence-corrected chi connectivity index (χ3v) is 6.68. The third-order valence-electron chi connectivity index (χ3n) is 6.68. The van der Waals surface area contributed by atoms with Crippen molar-refractivity contribution in [2.45, 2.75) is 52.5 Å². The second kappa shape index (κ2) is 12.9.